The number of hydrogen-bond acceptors (Lipinski definition) is 7. The van der Waals surface area contributed by atoms with Gasteiger partial charge in [0.25, 0.3) is 0 Å². The van der Waals surface area contributed by atoms with Crippen molar-refractivity contribution in [2.75, 3.05) is 31.1 Å². The molecule has 0 amide bonds. The Morgan fingerprint density at radius 1 is 1.10 bits per heavy atom. The Labute approximate surface area is 242 Å². The molecule has 3 aliphatic rings. The molecule has 3 N–H and O–H groups in total. The summed E-state index contributed by atoms with van der Waals surface area (Å²) in [6, 6.07) is 7.94. The number of aliphatic hydroxyl groups excluding tert-OH is 1. The average Bonchev–Trinajstić information content (AvgIpc) is 3.73. The summed E-state index contributed by atoms with van der Waals surface area (Å²) in [6.07, 6.45) is 4.49. The number of nitrogens with one attached hydrogen (secondary N) is 1. The van der Waals surface area contributed by atoms with Crippen LogP contribution in [0.2, 0.25) is 0 Å². The first-order valence-corrected chi connectivity index (χ1v) is 14.8. The van der Waals surface area contributed by atoms with Crippen molar-refractivity contribution in [2.24, 2.45) is 0 Å². The highest BCUT2D eigenvalue weighted by atomic mass is 16.5. The molecule has 9 nitrogen and oxygen atoms in total. The Balaban J connectivity index is 1.40. The third kappa shape index (κ3) is 6.72. The number of unbranched alkanes of at least 4 members (excludes halogenated alkanes) is 1. The molecule has 3 heterocycles. The van der Waals surface area contributed by atoms with Crippen LogP contribution in [0.15, 0.2) is 24.3 Å². The van der Waals surface area contributed by atoms with Gasteiger partial charge in [-0.25, -0.2) is 4.98 Å². The van der Waals surface area contributed by atoms with Crippen molar-refractivity contribution < 1.29 is 24.5 Å². The number of fused-ring (bicyclic) bond motifs is 1. The van der Waals surface area contributed by atoms with E-state index in [0.29, 0.717) is 74.9 Å². The number of carbonyl (C=O) groups excluding carboxylic acids is 1. The summed E-state index contributed by atoms with van der Waals surface area (Å²) in [4.78, 5) is 33.5. The SMILES string of the molecule is CC(C)(C)c1cc(C(=O)CN2Cc3ccc(C4CC4)nc3C2=N)cc(N2CCC(O)CC2)c1OCCCCC(=O)O. The van der Waals surface area contributed by atoms with E-state index in [1.165, 1.54) is 0 Å². The third-order valence-electron chi connectivity index (χ3n) is 8.27. The molecule has 1 aromatic carbocycles. The van der Waals surface area contributed by atoms with Crippen LogP contribution in [-0.2, 0) is 16.8 Å². The van der Waals surface area contributed by atoms with E-state index in [1.807, 2.05) is 12.1 Å². The number of aromatic nitrogens is 1. The highest BCUT2D eigenvalue weighted by Crippen LogP contribution is 2.42. The summed E-state index contributed by atoms with van der Waals surface area (Å²) in [5, 5.41) is 27.9. The zero-order chi connectivity index (χ0) is 29.3. The fourth-order valence-corrected chi connectivity index (χ4v) is 5.65. The fourth-order valence-electron chi connectivity index (χ4n) is 5.65. The number of aliphatic carboxylic acids is 1. The lowest BCUT2D eigenvalue weighted by atomic mass is 9.84. The molecule has 2 aliphatic heterocycles. The van der Waals surface area contributed by atoms with Crippen molar-refractivity contribution >= 4 is 23.3 Å². The lowest BCUT2D eigenvalue weighted by molar-refractivity contribution is -0.137. The van der Waals surface area contributed by atoms with Gasteiger partial charge in [0.05, 0.1) is 24.9 Å². The number of carbonyl (C=O) groups is 2. The molecule has 5 rings (SSSR count). The minimum Gasteiger partial charge on any atom is -0.491 e. The van der Waals surface area contributed by atoms with E-state index in [-0.39, 0.29) is 30.3 Å². The predicted molar refractivity (Wildman–Crippen MR) is 157 cm³/mol. The standard InChI is InChI=1S/C32H42N4O5/c1-32(2,3)24-16-22(27(38)19-36-18-21-9-10-25(20-7-8-20)34-29(21)31(36)33)17-26(35-13-11-23(37)12-14-35)30(24)41-15-5-4-6-28(39)40/h9-10,16-17,20,23,33,37H,4-8,11-15,18-19H2,1-3H3,(H,39,40). The number of aliphatic hydroxyl groups is 1. The van der Waals surface area contributed by atoms with Gasteiger partial charge < -0.3 is 24.7 Å². The van der Waals surface area contributed by atoms with Crippen LogP contribution < -0.4 is 9.64 Å². The van der Waals surface area contributed by atoms with Crippen LogP contribution in [0.4, 0.5) is 5.69 Å². The lowest BCUT2D eigenvalue weighted by Gasteiger charge is -2.35. The van der Waals surface area contributed by atoms with E-state index >= 15 is 0 Å². The molecule has 2 fully saturated rings. The molecule has 1 aromatic heterocycles. The quantitative estimate of drug-likeness (QED) is 0.261. The molecule has 0 bridgehead atoms. The van der Waals surface area contributed by atoms with E-state index in [4.69, 9.17) is 20.2 Å². The second-order valence-corrected chi connectivity index (χ2v) is 12.7. The average molecular weight is 563 g/mol. The number of benzene rings is 1. The first kappa shape index (κ1) is 29.0. The van der Waals surface area contributed by atoms with Crippen LogP contribution in [0.3, 0.4) is 0 Å². The first-order valence-electron chi connectivity index (χ1n) is 14.8. The molecule has 1 saturated carbocycles. The number of ketones is 1. The molecule has 0 atom stereocenters. The molecule has 0 spiro atoms. The van der Waals surface area contributed by atoms with Gasteiger partial charge in [-0.3, -0.25) is 15.0 Å². The van der Waals surface area contributed by atoms with Crippen LogP contribution in [-0.4, -0.2) is 70.0 Å². The molecule has 41 heavy (non-hydrogen) atoms. The number of anilines is 1. The number of ether oxygens (including phenoxy) is 1. The number of amidine groups is 1. The number of Topliss-reactive ketones (excluding diaryl/α,β-unsaturated/α-hetero) is 1. The van der Waals surface area contributed by atoms with Gasteiger partial charge in [0.15, 0.2) is 5.78 Å². The van der Waals surface area contributed by atoms with Crippen LogP contribution in [0.1, 0.15) is 105 Å². The van der Waals surface area contributed by atoms with Crippen molar-refractivity contribution in [2.45, 2.75) is 89.7 Å². The fraction of sp³-hybridized carbons (Fsp3) is 0.562. The van der Waals surface area contributed by atoms with E-state index in [9.17, 15) is 14.7 Å². The summed E-state index contributed by atoms with van der Waals surface area (Å²) in [5.74, 6) is 0.648. The first-order chi connectivity index (χ1) is 19.5. The maximum atomic E-state index is 13.8. The molecule has 2 aromatic rings. The molecule has 1 saturated heterocycles. The van der Waals surface area contributed by atoms with Gasteiger partial charge in [-0.05, 0) is 62.1 Å². The highest BCUT2D eigenvalue weighted by Gasteiger charge is 2.33. The Morgan fingerprint density at radius 3 is 2.49 bits per heavy atom. The van der Waals surface area contributed by atoms with Gasteiger partial charge in [0.2, 0.25) is 0 Å². The van der Waals surface area contributed by atoms with Crippen molar-refractivity contribution in [3.63, 3.8) is 0 Å². The van der Waals surface area contributed by atoms with E-state index in [1.54, 1.807) is 4.90 Å². The Hall–Kier alpha value is -3.46. The maximum absolute atomic E-state index is 13.8. The second-order valence-electron chi connectivity index (χ2n) is 12.7. The summed E-state index contributed by atoms with van der Waals surface area (Å²) in [7, 11) is 0. The summed E-state index contributed by atoms with van der Waals surface area (Å²) >= 11 is 0. The zero-order valence-electron chi connectivity index (χ0n) is 24.4. The minimum absolute atomic E-state index is 0.0678. The molecule has 9 heteroatoms. The Kier molecular flexibility index (Phi) is 8.36. The number of carboxylic acids is 1. The van der Waals surface area contributed by atoms with Gasteiger partial charge >= 0.3 is 5.97 Å². The topological polar surface area (TPSA) is 127 Å². The van der Waals surface area contributed by atoms with Crippen molar-refractivity contribution in [1.82, 2.24) is 9.88 Å². The molecule has 1 aliphatic carbocycles. The molecule has 0 unspecified atom stereocenters. The van der Waals surface area contributed by atoms with Gasteiger partial charge in [0.1, 0.15) is 17.3 Å². The van der Waals surface area contributed by atoms with Crippen LogP contribution in [0, 0.1) is 5.41 Å². The number of carboxylic acid groups (broad SMARTS) is 1. The van der Waals surface area contributed by atoms with Gasteiger partial charge in [-0.1, -0.05) is 26.8 Å². The van der Waals surface area contributed by atoms with Gasteiger partial charge in [0, 0.05) is 54.4 Å². The van der Waals surface area contributed by atoms with E-state index in [2.05, 4.69) is 37.8 Å². The summed E-state index contributed by atoms with van der Waals surface area (Å²) in [5.41, 5.74) is 4.73. The van der Waals surface area contributed by atoms with Gasteiger partial charge in [-0.2, -0.15) is 0 Å². The number of hydrogen-bond donors (Lipinski definition) is 3. The normalized spacial score (nSPS) is 17.6. The minimum atomic E-state index is -0.816. The molecule has 220 valence electrons. The van der Waals surface area contributed by atoms with Crippen molar-refractivity contribution in [3.8, 4) is 5.75 Å². The third-order valence-corrected chi connectivity index (χ3v) is 8.27. The van der Waals surface area contributed by atoms with Crippen LogP contribution >= 0.6 is 0 Å². The van der Waals surface area contributed by atoms with Crippen LogP contribution in [0.25, 0.3) is 0 Å². The smallest absolute Gasteiger partial charge is 0.303 e. The number of piperidine rings is 1. The van der Waals surface area contributed by atoms with Crippen LogP contribution in [0.5, 0.6) is 5.75 Å². The second kappa shape index (κ2) is 11.8. The molecular formula is C32H42N4O5. The highest BCUT2D eigenvalue weighted by molar-refractivity contribution is 6.05. The number of rotatable bonds is 11. The lowest BCUT2D eigenvalue weighted by Crippen LogP contribution is -2.36. The number of pyridine rings is 1. The van der Waals surface area contributed by atoms with Gasteiger partial charge in [-0.15, -0.1) is 0 Å². The van der Waals surface area contributed by atoms with E-state index in [0.717, 1.165) is 41.1 Å². The monoisotopic (exact) mass is 562 g/mol. The Morgan fingerprint density at radius 2 is 1.83 bits per heavy atom. The number of nitrogens with zero attached hydrogens (tertiary/aromatic N) is 3. The predicted octanol–water partition coefficient (Wildman–Crippen LogP) is 4.88. The summed E-state index contributed by atoms with van der Waals surface area (Å²) < 4.78 is 6.36. The Bertz CT molecular complexity index is 1320. The van der Waals surface area contributed by atoms with Crippen molar-refractivity contribution in [1.29, 1.82) is 5.41 Å². The molecular weight excluding hydrogens is 520 g/mol. The zero-order valence-corrected chi connectivity index (χ0v) is 24.4. The summed E-state index contributed by atoms with van der Waals surface area (Å²) in [6.45, 7) is 8.54. The van der Waals surface area contributed by atoms with Crippen molar-refractivity contribution in [3.05, 3.63) is 52.3 Å². The largest absolute Gasteiger partial charge is 0.491 e. The van der Waals surface area contributed by atoms with E-state index < -0.39 is 5.97 Å². The molecule has 0 radical (unpaired) electrons. The maximum Gasteiger partial charge on any atom is 0.303 e.